The van der Waals surface area contributed by atoms with Crippen LogP contribution in [0.3, 0.4) is 0 Å². The Balaban J connectivity index is 2.18. The lowest BCUT2D eigenvalue weighted by atomic mass is 10.1. The van der Waals surface area contributed by atoms with Crippen LogP contribution in [0.15, 0.2) is 29.2 Å². The van der Waals surface area contributed by atoms with E-state index in [1.54, 1.807) is 24.3 Å². The second-order valence-electron chi connectivity index (χ2n) is 5.79. The summed E-state index contributed by atoms with van der Waals surface area (Å²) in [6.07, 6.45) is 3.64. The molecule has 1 saturated heterocycles. The summed E-state index contributed by atoms with van der Waals surface area (Å²) in [5.41, 5.74) is 0.531. The minimum absolute atomic E-state index is 0.0879. The average Bonchev–Trinajstić information content (AvgIpc) is 2.55. The van der Waals surface area contributed by atoms with Crippen LogP contribution in [0.5, 0.6) is 0 Å². The quantitative estimate of drug-likeness (QED) is 0.905. The largest absolute Gasteiger partial charge is 0.326 e. The SMILES string of the molecule is CCC(C)C(=O)Nc1cccc(S(=O)(=O)N2CCCCC2)c1. The second kappa shape index (κ2) is 7.24. The van der Waals surface area contributed by atoms with Crippen molar-refractivity contribution in [2.24, 2.45) is 5.92 Å². The van der Waals surface area contributed by atoms with E-state index in [0.717, 1.165) is 25.7 Å². The number of sulfonamides is 1. The van der Waals surface area contributed by atoms with E-state index < -0.39 is 10.0 Å². The van der Waals surface area contributed by atoms with Gasteiger partial charge < -0.3 is 5.32 Å². The van der Waals surface area contributed by atoms with E-state index in [2.05, 4.69) is 5.32 Å². The van der Waals surface area contributed by atoms with Crippen molar-refractivity contribution in [3.63, 3.8) is 0 Å². The van der Waals surface area contributed by atoms with E-state index >= 15 is 0 Å². The van der Waals surface area contributed by atoms with Crippen molar-refractivity contribution in [3.05, 3.63) is 24.3 Å². The van der Waals surface area contributed by atoms with Gasteiger partial charge >= 0.3 is 0 Å². The van der Waals surface area contributed by atoms with Crippen LogP contribution in [0.1, 0.15) is 39.5 Å². The molecule has 6 heteroatoms. The number of piperidine rings is 1. The van der Waals surface area contributed by atoms with Gasteiger partial charge in [-0.3, -0.25) is 4.79 Å². The van der Waals surface area contributed by atoms with E-state index in [9.17, 15) is 13.2 Å². The van der Waals surface area contributed by atoms with Crippen molar-refractivity contribution < 1.29 is 13.2 Å². The van der Waals surface area contributed by atoms with Gasteiger partial charge in [0.1, 0.15) is 0 Å². The average molecular weight is 324 g/mol. The molecular formula is C16H24N2O3S. The molecule has 1 fully saturated rings. The molecule has 1 N–H and O–H groups in total. The van der Waals surface area contributed by atoms with Crippen molar-refractivity contribution in [2.45, 2.75) is 44.4 Å². The molecule has 1 aliphatic rings. The fraction of sp³-hybridized carbons (Fsp3) is 0.562. The van der Waals surface area contributed by atoms with Crippen molar-refractivity contribution in [1.82, 2.24) is 4.31 Å². The molecule has 1 aromatic rings. The summed E-state index contributed by atoms with van der Waals surface area (Å²) in [7, 11) is -3.46. The molecule has 0 radical (unpaired) electrons. The van der Waals surface area contributed by atoms with Gasteiger partial charge in [0.05, 0.1) is 4.90 Å². The van der Waals surface area contributed by atoms with Gasteiger partial charge in [0.15, 0.2) is 0 Å². The number of carbonyl (C=O) groups excluding carboxylic acids is 1. The number of hydrogen-bond acceptors (Lipinski definition) is 3. The maximum atomic E-state index is 12.6. The minimum atomic E-state index is -3.46. The Morgan fingerprint density at radius 2 is 1.95 bits per heavy atom. The molecule has 1 unspecified atom stereocenters. The molecule has 0 aliphatic carbocycles. The summed E-state index contributed by atoms with van der Waals surface area (Å²) in [6, 6.07) is 6.52. The van der Waals surface area contributed by atoms with Crippen LogP contribution in [-0.4, -0.2) is 31.7 Å². The normalized spacial score (nSPS) is 17.9. The van der Waals surface area contributed by atoms with Gasteiger partial charge in [-0.05, 0) is 37.5 Å². The molecule has 1 aromatic carbocycles. The van der Waals surface area contributed by atoms with Crippen LogP contribution in [0, 0.1) is 5.92 Å². The van der Waals surface area contributed by atoms with E-state index in [-0.39, 0.29) is 16.7 Å². The summed E-state index contributed by atoms with van der Waals surface area (Å²) >= 11 is 0. The highest BCUT2D eigenvalue weighted by molar-refractivity contribution is 7.89. The van der Waals surface area contributed by atoms with Gasteiger partial charge in [-0.2, -0.15) is 4.31 Å². The summed E-state index contributed by atoms with van der Waals surface area (Å²) in [6.45, 7) is 4.95. The lowest BCUT2D eigenvalue weighted by Crippen LogP contribution is -2.35. The lowest BCUT2D eigenvalue weighted by Gasteiger charge is -2.26. The lowest BCUT2D eigenvalue weighted by molar-refractivity contribution is -0.119. The fourth-order valence-electron chi connectivity index (χ4n) is 2.44. The molecule has 1 atom stereocenters. The van der Waals surface area contributed by atoms with Gasteiger partial charge in [-0.1, -0.05) is 26.3 Å². The second-order valence-corrected chi connectivity index (χ2v) is 7.73. The molecule has 0 aromatic heterocycles. The predicted molar refractivity (Wildman–Crippen MR) is 87.1 cm³/mol. The zero-order chi connectivity index (χ0) is 16.2. The van der Waals surface area contributed by atoms with Crippen molar-refractivity contribution >= 4 is 21.6 Å². The molecule has 122 valence electrons. The first-order valence-electron chi connectivity index (χ1n) is 7.86. The number of hydrogen-bond donors (Lipinski definition) is 1. The first kappa shape index (κ1) is 17.0. The zero-order valence-corrected chi connectivity index (χ0v) is 14.0. The summed E-state index contributed by atoms with van der Waals surface area (Å²) in [5, 5.41) is 2.79. The van der Waals surface area contributed by atoms with Crippen LogP contribution in [-0.2, 0) is 14.8 Å². The maximum absolute atomic E-state index is 12.6. The number of benzene rings is 1. The molecule has 0 saturated carbocycles. The molecule has 5 nitrogen and oxygen atoms in total. The highest BCUT2D eigenvalue weighted by atomic mass is 32.2. The van der Waals surface area contributed by atoms with Crippen LogP contribution in [0.25, 0.3) is 0 Å². The molecule has 22 heavy (non-hydrogen) atoms. The Bertz CT molecular complexity index is 622. The van der Waals surface area contributed by atoms with Gasteiger partial charge in [0, 0.05) is 24.7 Å². The molecule has 0 bridgehead atoms. The van der Waals surface area contributed by atoms with Crippen molar-refractivity contribution in [3.8, 4) is 0 Å². The van der Waals surface area contributed by atoms with E-state index in [4.69, 9.17) is 0 Å². The standard InChI is InChI=1S/C16H24N2O3S/c1-3-13(2)16(19)17-14-8-7-9-15(12-14)22(20,21)18-10-5-4-6-11-18/h7-9,12-13H,3-6,10-11H2,1-2H3,(H,17,19). The third-order valence-electron chi connectivity index (χ3n) is 4.11. The Labute approximate surface area is 132 Å². The van der Waals surface area contributed by atoms with Crippen molar-refractivity contribution in [1.29, 1.82) is 0 Å². The number of rotatable bonds is 5. The van der Waals surface area contributed by atoms with Gasteiger partial charge in [-0.15, -0.1) is 0 Å². The minimum Gasteiger partial charge on any atom is -0.326 e. The number of anilines is 1. The third-order valence-corrected chi connectivity index (χ3v) is 6.01. The van der Waals surface area contributed by atoms with Crippen LogP contribution in [0.4, 0.5) is 5.69 Å². The molecular weight excluding hydrogens is 300 g/mol. The topological polar surface area (TPSA) is 66.5 Å². The molecule has 2 rings (SSSR count). The summed E-state index contributed by atoms with van der Waals surface area (Å²) < 4.78 is 26.8. The molecule has 1 heterocycles. The smallest absolute Gasteiger partial charge is 0.243 e. The number of nitrogens with zero attached hydrogens (tertiary/aromatic N) is 1. The first-order valence-corrected chi connectivity index (χ1v) is 9.30. The Morgan fingerprint density at radius 3 is 2.59 bits per heavy atom. The maximum Gasteiger partial charge on any atom is 0.243 e. The third kappa shape index (κ3) is 3.87. The van der Waals surface area contributed by atoms with E-state index in [1.807, 2.05) is 13.8 Å². The monoisotopic (exact) mass is 324 g/mol. The predicted octanol–water partition coefficient (Wildman–Crippen LogP) is 2.85. The number of amides is 1. The van der Waals surface area contributed by atoms with Crippen LogP contribution >= 0.6 is 0 Å². The number of nitrogens with one attached hydrogen (secondary N) is 1. The fourth-order valence-corrected chi connectivity index (χ4v) is 4.00. The highest BCUT2D eigenvalue weighted by Gasteiger charge is 2.26. The van der Waals surface area contributed by atoms with Gasteiger partial charge in [0.2, 0.25) is 15.9 Å². The first-order chi connectivity index (χ1) is 10.4. The van der Waals surface area contributed by atoms with Crippen molar-refractivity contribution in [2.75, 3.05) is 18.4 Å². The van der Waals surface area contributed by atoms with Crippen LogP contribution in [0.2, 0.25) is 0 Å². The molecule has 1 amide bonds. The van der Waals surface area contributed by atoms with Gasteiger partial charge in [0.25, 0.3) is 0 Å². The Kier molecular flexibility index (Phi) is 5.58. The highest BCUT2D eigenvalue weighted by Crippen LogP contribution is 2.23. The van der Waals surface area contributed by atoms with E-state index in [0.29, 0.717) is 18.8 Å². The molecule has 1 aliphatic heterocycles. The van der Waals surface area contributed by atoms with Gasteiger partial charge in [-0.25, -0.2) is 8.42 Å². The summed E-state index contributed by atoms with van der Waals surface area (Å²) in [4.78, 5) is 12.2. The van der Waals surface area contributed by atoms with Crippen LogP contribution < -0.4 is 5.32 Å². The Hall–Kier alpha value is -1.40. The number of carbonyl (C=O) groups is 1. The summed E-state index contributed by atoms with van der Waals surface area (Å²) in [5.74, 6) is -0.183. The molecule has 0 spiro atoms. The van der Waals surface area contributed by atoms with E-state index in [1.165, 1.54) is 4.31 Å². The Morgan fingerprint density at radius 1 is 1.27 bits per heavy atom. The zero-order valence-electron chi connectivity index (χ0n) is 13.2.